The Morgan fingerprint density at radius 2 is 2.14 bits per heavy atom. The molecule has 0 radical (unpaired) electrons. The summed E-state index contributed by atoms with van der Waals surface area (Å²) in [5.74, 6) is 0. The lowest BCUT2D eigenvalue weighted by molar-refractivity contribution is 0.0233. The van der Waals surface area contributed by atoms with E-state index in [1.165, 1.54) is 0 Å². The second-order valence-corrected chi connectivity index (χ2v) is 2.98. The Morgan fingerprint density at radius 3 is 2.64 bits per heavy atom. The molecule has 1 aromatic carbocycles. The monoisotopic (exact) mass is 216 g/mol. The van der Waals surface area contributed by atoms with Crippen molar-refractivity contribution in [1.82, 2.24) is 0 Å². The van der Waals surface area contributed by atoms with Crippen molar-refractivity contribution in [2.24, 2.45) is 0 Å². The molecule has 0 spiro atoms. The topological polar surface area (TPSA) is 66.8 Å². The summed E-state index contributed by atoms with van der Waals surface area (Å²) in [7, 11) is 0. The summed E-state index contributed by atoms with van der Waals surface area (Å²) in [5, 5.41) is 17.7. The molecular weight excluding hydrogens is 208 g/mol. The molecule has 0 aliphatic carbocycles. The molecule has 0 amide bonds. The van der Waals surface area contributed by atoms with Crippen LogP contribution in [0.4, 0.5) is 4.79 Å². The van der Waals surface area contributed by atoms with E-state index in [1.807, 2.05) is 0 Å². The van der Waals surface area contributed by atoms with Crippen molar-refractivity contribution in [1.29, 1.82) is 0 Å². The van der Waals surface area contributed by atoms with Crippen LogP contribution in [-0.4, -0.2) is 23.0 Å². The number of carboxylic acid groups (broad SMARTS) is 1. The van der Waals surface area contributed by atoms with Crippen molar-refractivity contribution in [2.75, 3.05) is 6.61 Å². The van der Waals surface area contributed by atoms with Gasteiger partial charge >= 0.3 is 6.16 Å². The van der Waals surface area contributed by atoms with Crippen LogP contribution in [0.1, 0.15) is 11.7 Å². The number of rotatable bonds is 3. The molecule has 2 N–H and O–H groups in total. The van der Waals surface area contributed by atoms with E-state index in [4.69, 9.17) is 21.8 Å². The summed E-state index contributed by atoms with van der Waals surface area (Å²) in [5.41, 5.74) is 0.457. The molecule has 76 valence electrons. The molecule has 1 atom stereocenters. The fourth-order valence-corrected chi connectivity index (χ4v) is 1.31. The maximum absolute atomic E-state index is 10.3. The molecule has 14 heavy (non-hydrogen) atoms. The van der Waals surface area contributed by atoms with Crippen molar-refractivity contribution in [2.45, 2.75) is 6.10 Å². The third kappa shape index (κ3) is 2.61. The highest BCUT2D eigenvalue weighted by Crippen LogP contribution is 2.24. The third-order valence-electron chi connectivity index (χ3n) is 1.66. The van der Waals surface area contributed by atoms with Crippen LogP contribution >= 0.6 is 11.6 Å². The summed E-state index contributed by atoms with van der Waals surface area (Å²) in [4.78, 5) is 10.3. The summed E-state index contributed by atoms with van der Waals surface area (Å²) in [6.45, 7) is -0.434. The molecule has 4 nitrogen and oxygen atoms in total. The number of halogens is 1. The molecular formula is C9H9ClO4. The fourth-order valence-electron chi connectivity index (χ4n) is 1.06. The lowest BCUT2D eigenvalue weighted by Gasteiger charge is -2.14. The van der Waals surface area contributed by atoms with Gasteiger partial charge in [-0.3, -0.25) is 0 Å². The SMILES string of the molecule is O=C(O)O[C@H](CO)c1ccccc1Cl. The predicted octanol–water partition coefficient (Wildman–Crippen LogP) is 2.07. The van der Waals surface area contributed by atoms with Gasteiger partial charge in [-0.25, -0.2) is 4.79 Å². The van der Waals surface area contributed by atoms with Crippen LogP contribution in [0.3, 0.4) is 0 Å². The van der Waals surface area contributed by atoms with E-state index in [0.717, 1.165) is 0 Å². The van der Waals surface area contributed by atoms with Gasteiger partial charge in [-0.1, -0.05) is 29.8 Å². The average molecular weight is 217 g/mol. The lowest BCUT2D eigenvalue weighted by Crippen LogP contribution is -2.13. The normalized spacial score (nSPS) is 12.1. The lowest BCUT2D eigenvalue weighted by atomic mass is 10.1. The molecule has 0 bridgehead atoms. The first-order valence-corrected chi connectivity index (χ1v) is 4.28. The maximum atomic E-state index is 10.3. The van der Waals surface area contributed by atoms with Crippen molar-refractivity contribution >= 4 is 17.8 Å². The highest BCUT2D eigenvalue weighted by atomic mass is 35.5. The van der Waals surface area contributed by atoms with Gasteiger partial charge in [0.1, 0.15) is 0 Å². The quantitative estimate of drug-likeness (QED) is 0.759. The van der Waals surface area contributed by atoms with Gasteiger partial charge in [-0.2, -0.15) is 0 Å². The van der Waals surface area contributed by atoms with Crippen molar-refractivity contribution in [3.05, 3.63) is 34.9 Å². The maximum Gasteiger partial charge on any atom is 0.506 e. The number of ether oxygens (including phenoxy) is 1. The highest BCUT2D eigenvalue weighted by Gasteiger charge is 2.17. The van der Waals surface area contributed by atoms with E-state index < -0.39 is 18.9 Å². The molecule has 0 saturated heterocycles. The standard InChI is InChI=1S/C9H9ClO4/c10-7-4-2-1-3-6(7)8(5-11)14-9(12)13/h1-4,8,11H,5H2,(H,12,13)/t8-/m1/s1. The van der Waals surface area contributed by atoms with Gasteiger partial charge in [0.25, 0.3) is 0 Å². The Balaban J connectivity index is 2.89. The van der Waals surface area contributed by atoms with Gasteiger partial charge in [0.05, 0.1) is 6.61 Å². The first-order valence-electron chi connectivity index (χ1n) is 3.90. The van der Waals surface area contributed by atoms with Crippen LogP contribution in [0.15, 0.2) is 24.3 Å². The number of hydrogen-bond donors (Lipinski definition) is 2. The van der Waals surface area contributed by atoms with E-state index in [9.17, 15) is 4.79 Å². The number of hydrogen-bond acceptors (Lipinski definition) is 3. The molecule has 0 unspecified atom stereocenters. The number of carbonyl (C=O) groups is 1. The summed E-state index contributed by atoms with van der Waals surface area (Å²) < 4.78 is 4.45. The Labute approximate surface area is 85.7 Å². The molecule has 5 heteroatoms. The Bertz CT molecular complexity index is 326. The molecule has 0 saturated carbocycles. The van der Waals surface area contributed by atoms with Gasteiger partial charge in [-0.15, -0.1) is 0 Å². The minimum atomic E-state index is -1.44. The second-order valence-electron chi connectivity index (χ2n) is 2.58. The van der Waals surface area contributed by atoms with Crippen LogP contribution in [-0.2, 0) is 4.74 Å². The molecule has 1 aromatic rings. The van der Waals surface area contributed by atoms with E-state index in [-0.39, 0.29) is 0 Å². The van der Waals surface area contributed by atoms with Gasteiger partial charge < -0.3 is 14.9 Å². The Morgan fingerprint density at radius 1 is 1.50 bits per heavy atom. The zero-order valence-electron chi connectivity index (χ0n) is 7.18. The van der Waals surface area contributed by atoms with Gasteiger partial charge in [0.15, 0.2) is 6.10 Å². The minimum Gasteiger partial charge on any atom is -0.450 e. The summed E-state index contributed by atoms with van der Waals surface area (Å²) >= 11 is 5.80. The zero-order chi connectivity index (χ0) is 10.6. The van der Waals surface area contributed by atoms with Crippen LogP contribution in [0.5, 0.6) is 0 Å². The third-order valence-corrected chi connectivity index (χ3v) is 2.01. The van der Waals surface area contributed by atoms with Crippen LogP contribution < -0.4 is 0 Å². The smallest absolute Gasteiger partial charge is 0.450 e. The zero-order valence-corrected chi connectivity index (χ0v) is 7.94. The summed E-state index contributed by atoms with van der Waals surface area (Å²) in [6.07, 6.45) is -2.37. The molecule has 1 rings (SSSR count). The van der Waals surface area contributed by atoms with Gasteiger partial charge in [0.2, 0.25) is 0 Å². The largest absolute Gasteiger partial charge is 0.506 e. The van der Waals surface area contributed by atoms with Crippen LogP contribution in [0.2, 0.25) is 5.02 Å². The number of benzene rings is 1. The molecule has 0 aromatic heterocycles. The van der Waals surface area contributed by atoms with Crippen LogP contribution in [0, 0.1) is 0 Å². The van der Waals surface area contributed by atoms with E-state index >= 15 is 0 Å². The van der Waals surface area contributed by atoms with Crippen molar-refractivity contribution < 1.29 is 19.7 Å². The Kier molecular flexibility index (Phi) is 3.73. The first-order chi connectivity index (χ1) is 6.65. The van der Waals surface area contributed by atoms with E-state index in [2.05, 4.69) is 4.74 Å². The van der Waals surface area contributed by atoms with Crippen molar-refractivity contribution in [3.63, 3.8) is 0 Å². The molecule has 0 fully saturated rings. The summed E-state index contributed by atoms with van der Waals surface area (Å²) in [6, 6.07) is 6.60. The fraction of sp³-hybridized carbons (Fsp3) is 0.222. The Hall–Kier alpha value is -1.26. The average Bonchev–Trinajstić information content (AvgIpc) is 2.15. The number of aliphatic hydroxyl groups excluding tert-OH is 1. The molecule has 0 aliphatic rings. The highest BCUT2D eigenvalue weighted by molar-refractivity contribution is 6.31. The molecule has 0 heterocycles. The van der Waals surface area contributed by atoms with E-state index in [0.29, 0.717) is 10.6 Å². The van der Waals surface area contributed by atoms with Gasteiger partial charge in [0, 0.05) is 10.6 Å². The first kappa shape index (κ1) is 10.8. The molecule has 0 aliphatic heterocycles. The van der Waals surface area contributed by atoms with Crippen LogP contribution in [0.25, 0.3) is 0 Å². The van der Waals surface area contributed by atoms with E-state index in [1.54, 1.807) is 24.3 Å². The number of aliphatic hydroxyl groups is 1. The van der Waals surface area contributed by atoms with Gasteiger partial charge in [-0.05, 0) is 6.07 Å². The second kappa shape index (κ2) is 4.83. The predicted molar refractivity (Wildman–Crippen MR) is 50.4 cm³/mol. The van der Waals surface area contributed by atoms with Crippen molar-refractivity contribution in [3.8, 4) is 0 Å². The minimum absolute atomic E-state index is 0.368.